The lowest BCUT2D eigenvalue weighted by atomic mass is 9.88. The Morgan fingerprint density at radius 2 is 1.80 bits per heavy atom. The summed E-state index contributed by atoms with van der Waals surface area (Å²) in [6.07, 6.45) is 2.04. The van der Waals surface area contributed by atoms with Crippen molar-refractivity contribution >= 4 is 11.6 Å². The minimum absolute atomic E-state index is 0.242. The Hall–Kier alpha value is -0.490. The molecule has 0 saturated heterocycles. The number of alkyl halides is 1. The van der Waals surface area contributed by atoms with E-state index in [4.69, 9.17) is 11.6 Å². The van der Waals surface area contributed by atoms with Gasteiger partial charge in [-0.2, -0.15) is 0 Å². The molecular formula is C14H21Cl. The molecule has 1 aromatic rings. The van der Waals surface area contributed by atoms with Gasteiger partial charge in [-0.15, -0.1) is 11.6 Å². The van der Waals surface area contributed by atoms with Gasteiger partial charge in [-0.05, 0) is 36.3 Å². The second-order valence-electron chi connectivity index (χ2n) is 5.49. The first kappa shape index (κ1) is 12.6. The third-order valence-electron chi connectivity index (χ3n) is 2.54. The fourth-order valence-corrected chi connectivity index (χ4v) is 2.44. The zero-order chi connectivity index (χ0) is 11.5. The highest BCUT2D eigenvalue weighted by Gasteiger charge is 2.17. The Bertz CT molecular complexity index is 309. The Balaban J connectivity index is 2.59. The van der Waals surface area contributed by atoms with E-state index in [0.29, 0.717) is 5.41 Å². The molecule has 1 aromatic carbocycles. The number of aryl methyl sites for hydroxylation is 1. The summed E-state index contributed by atoms with van der Waals surface area (Å²) >= 11 is 6.37. The van der Waals surface area contributed by atoms with Crippen molar-refractivity contribution in [2.75, 3.05) is 0 Å². The van der Waals surface area contributed by atoms with Gasteiger partial charge < -0.3 is 0 Å². The van der Waals surface area contributed by atoms with Gasteiger partial charge in [0.2, 0.25) is 0 Å². The number of rotatable bonds is 3. The lowest BCUT2D eigenvalue weighted by molar-refractivity contribution is 0.369. The van der Waals surface area contributed by atoms with Crippen molar-refractivity contribution in [2.45, 2.75) is 45.9 Å². The highest BCUT2D eigenvalue weighted by molar-refractivity contribution is 6.20. The van der Waals surface area contributed by atoms with E-state index in [1.807, 2.05) is 0 Å². The quantitative estimate of drug-likeness (QED) is 0.660. The first-order valence-electron chi connectivity index (χ1n) is 5.57. The van der Waals surface area contributed by atoms with Gasteiger partial charge in [-0.3, -0.25) is 0 Å². The minimum Gasteiger partial charge on any atom is -0.123 e. The van der Waals surface area contributed by atoms with Crippen LogP contribution < -0.4 is 0 Å². The predicted octanol–water partition coefficient (Wildman–Crippen LogP) is 4.58. The van der Waals surface area contributed by atoms with Crippen LogP contribution in [0.5, 0.6) is 0 Å². The highest BCUT2D eigenvalue weighted by atomic mass is 35.5. The zero-order valence-electron chi connectivity index (χ0n) is 10.2. The van der Waals surface area contributed by atoms with Crippen LogP contribution in [-0.2, 0) is 6.42 Å². The summed E-state index contributed by atoms with van der Waals surface area (Å²) in [4.78, 5) is 0. The molecule has 0 fully saturated rings. The van der Waals surface area contributed by atoms with Crippen molar-refractivity contribution in [3.63, 3.8) is 0 Å². The average molecular weight is 225 g/mol. The maximum Gasteiger partial charge on any atom is 0.0381 e. The molecule has 1 unspecified atom stereocenters. The van der Waals surface area contributed by atoms with Crippen LogP contribution in [0.3, 0.4) is 0 Å². The standard InChI is InChI=1S/C14H21Cl/c1-11-7-5-6-8-12(11)9-13(15)10-14(2,3)4/h5-8,13H,9-10H2,1-4H3. The molecule has 1 heteroatoms. The van der Waals surface area contributed by atoms with Crippen molar-refractivity contribution < 1.29 is 0 Å². The van der Waals surface area contributed by atoms with Crippen molar-refractivity contribution in [3.05, 3.63) is 35.4 Å². The summed E-state index contributed by atoms with van der Waals surface area (Å²) in [5.74, 6) is 0. The molecule has 0 bridgehead atoms. The normalized spacial score (nSPS) is 13.9. The van der Waals surface area contributed by atoms with E-state index in [2.05, 4.69) is 52.0 Å². The molecule has 0 aliphatic rings. The summed E-state index contributed by atoms with van der Waals surface area (Å²) < 4.78 is 0. The van der Waals surface area contributed by atoms with Crippen LogP contribution in [0.4, 0.5) is 0 Å². The molecule has 0 radical (unpaired) electrons. The summed E-state index contributed by atoms with van der Waals surface area (Å²) in [7, 11) is 0. The molecular weight excluding hydrogens is 204 g/mol. The lowest BCUT2D eigenvalue weighted by Gasteiger charge is -2.22. The maximum atomic E-state index is 6.37. The molecule has 1 rings (SSSR count). The van der Waals surface area contributed by atoms with Gasteiger partial charge in [0.1, 0.15) is 0 Å². The minimum atomic E-state index is 0.242. The smallest absolute Gasteiger partial charge is 0.0381 e. The Labute approximate surface area is 98.7 Å². The van der Waals surface area contributed by atoms with Gasteiger partial charge in [-0.25, -0.2) is 0 Å². The summed E-state index contributed by atoms with van der Waals surface area (Å²) in [5, 5.41) is 0.242. The topological polar surface area (TPSA) is 0 Å². The van der Waals surface area contributed by atoms with E-state index in [1.165, 1.54) is 11.1 Å². The Morgan fingerprint density at radius 3 is 2.33 bits per heavy atom. The van der Waals surface area contributed by atoms with E-state index in [0.717, 1.165) is 12.8 Å². The molecule has 1 atom stereocenters. The Kier molecular flexibility index (Phi) is 4.21. The van der Waals surface area contributed by atoms with Gasteiger partial charge in [0, 0.05) is 5.38 Å². The molecule has 0 nitrogen and oxygen atoms in total. The third-order valence-corrected chi connectivity index (χ3v) is 2.85. The van der Waals surface area contributed by atoms with Crippen molar-refractivity contribution in [3.8, 4) is 0 Å². The van der Waals surface area contributed by atoms with Gasteiger partial charge in [-0.1, -0.05) is 45.0 Å². The SMILES string of the molecule is Cc1ccccc1CC(Cl)CC(C)(C)C. The molecule has 0 saturated carbocycles. The van der Waals surface area contributed by atoms with Crippen LogP contribution in [0.2, 0.25) is 0 Å². The van der Waals surface area contributed by atoms with Gasteiger partial charge >= 0.3 is 0 Å². The fraction of sp³-hybridized carbons (Fsp3) is 0.571. The van der Waals surface area contributed by atoms with Crippen LogP contribution in [0.1, 0.15) is 38.3 Å². The highest BCUT2D eigenvalue weighted by Crippen LogP contribution is 2.26. The molecule has 0 aliphatic carbocycles. The molecule has 0 amide bonds. The monoisotopic (exact) mass is 224 g/mol. The third kappa shape index (κ3) is 4.70. The first-order chi connectivity index (χ1) is 6.88. The molecule has 0 spiro atoms. The van der Waals surface area contributed by atoms with Crippen LogP contribution in [0.15, 0.2) is 24.3 Å². The van der Waals surface area contributed by atoms with Crippen LogP contribution >= 0.6 is 11.6 Å². The van der Waals surface area contributed by atoms with Crippen molar-refractivity contribution in [1.29, 1.82) is 0 Å². The zero-order valence-corrected chi connectivity index (χ0v) is 10.9. The van der Waals surface area contributed by atoms with Crippen LogP contribution in [-0.4, -0.2) is 5.38 Å². The van der Waals surface area contributed by atoms with Crippen molar-refractivity contribution in [2.24, 2.45) is 5.41 Å². The molecule has 15 heavy (non-hydrogen) atoms. The second-order valence-corrected chi connectivity index (χ2v) is 6.11. The molecule has 0 heterocycles. The number of hydrogen-bond acceptors (Lipinski definition) is 0. The van der Waals surface area contributed by atoms with Gasteiger partial charge in [0.15, 0.2) is 0 Å². The summed E-state index contributed by atoms with van der Waals surface area (Å²) in [5.41, 5.74) is 3.04. The Morgan fingerprint density at radius 1 is 1.20 bits per heavy atom. The molecule has 84 valence electrons. The summed E-state index contributed by atoms with van der Waals surface area (Å²) in [6.45, 7) is 8.86. The van der Waals surface area contributed by atoms with Crippen LogP contribution in [0, 0.1) is 12.3 Å². The maximum absolute atomic E-state index is 6.37. The largest absolute Gasteiger partial charge is 0.123 e. The second kappa shape index (κ2) is 5.03. The predicted molar refractivity (Wildman–Crippen MR) is 68.6 cm³/mol. The van der Waals surface area contributed by atoms with E-state index in [1.54, 1.807) is 0 Å². The van der Waals surface area contributed by atoms with E-state index in [9.17, 15) is 0 Å². The number of halogens is 1. The fourth-order valence-electron chi connectivity index (χ4n) is 1.81. The van der Waals surface area contributed by atoms with Gasteiger partial charge in [0.05, 0.1) is 0 Å². The van der Waals surface area contributed by atoms with Crippen LogP contribution in [0.25, 0.3) is 0 Å². The van der Waals surface area contributed by atoms with E-state index in [-0.39, 0.29) is 5.38 Å². The molecule has 0 aliphatic heterocycles. The lowest BCUT2D eigenvalue weighted by Crippen LogP contribution is -2.15. The van der Waals surface area contributed by atoms with E-state index < -0.39 is 0 Å². The summed E-state index contributed by atoms with van der Waals surface area (Å²) in [6, 6.07) is 8.48. The first-order valence-corrected chi connectivity index (χ1v) is 6.01. The van der Waals surface area contributed by atoms with Gasteiger partial charge in [0.25, 0.3) is 0 Å². The number of hydrogen-bond donors (Lipinski definition) is 0. The van der Waals surface area contributed by atoms with E-state index >= 15 is 0 Å². The average Bonchev–Trinajstić information content (AvgIpc) is 2.05. The molecule has 0 N–H and O–H groups in total. The van der Waals surface area contributed by atoms with Crippen molar-refractivity contribution in [1.82, 2.24) is 0 Å². The molecule has 0 aromatic heterocycles. The number of benzene rings is 1.